The molecular formula is C11H25N3O2S. The van der Waals surface area contributed by atoms with Crippen LogP contribution in [0.15, 0.2) is 0 Å². The van der Waals surface area contributed by atoms with Crippen molar-refractivity contribution in [3.63, 3.8) is 0 Å². The largest absolute Gasteiger partial charge is 0.317 e. The van der Waals surface area contributed by atoms with Gasteiger partial charge in [-0.2, -0.15) is 12.7 Å². The van der Waals surface area contributed by atoms with Crippen molar-refractivity contribution in [3.05, 3.63) is 0 Å². The molecule has 1 fully saturated rings. The first-order chi connectivity index (χ1) is 7.93. The van der Waals surface area contributed by atoms with E-state index in [0.29, 0.717) is 19.6 Å². The molecule has 1 aliphatic rings. The molecule has 17 heavy (non-hydrogen) atoms. The lowest BCUT2D eigenvalue weighted by Crippen LogP contribution is -2.47. The highest BCUT2D eigenvalue weighted by Crippen LogP contribution is 2.26. The second-order valence-corrected chi connectivity index (χ2v) is 6.73. The minimum Gasteiger partial charge on any atom is -0.317 e. The van der Waals surface area contributed by atoms with Crippen LogP contribution in [-0.2, 0) is 10.2 Å². The number of nitrogens with zero attached hydrogens (tertiary/aromatic N) is 1. The second-order valence-electron chi connectivity index (χ2n) is 4.97. The summed E-state index contributed by atoms with van der Waals surface area (Å²) in [4.78, 5) is 0. The highest BCUT2D eigenvalue weighted by atomic mass is 32.2. The standard InChI is InChI=1S/C11H25N3O2S/c1-4-14(5-2)17(15,16)13-10-11(3)6-8-12-9-7-11/h12-13H,4-10H2,1-3H3. The third kappa shape index (κ3) is 4.21. The Bertz CT molecular complexity index is 320. The van der Waals surface area contributed by atoms with Crippen molar-refractivity contribution in [3.8, 4) is 0 Å². The van der Waals surface area contributed by atoms with Crippen LogP contribution in [0.25, 0.3) is 0 Å². The van der Waals surface area contributed by atoms with Gasteiger partial charge in [0.05, 0.1) is 0 Å². The summed E-state index contributed by atoms with van der Waals surface area (Å²) in [5.41, 5.74) is 0.0888. The summed E-state index contributed by atoms with van der Waals surface area (Å²) in [6.07, 6.45) is 2.04. The van der Waals surface area contributed by atoms with E-state index in [9.17, 15) is 8.42 Å². The van der Waals surface area contributed by atoms with Gasteiger partial charge in [0.15, 0.2) is 0 Å². The normalized spacial score (nSPS) is 20.7. The lowest BCUT2D eigenvalue weighted by atomic mass is 9.81. The third-order valence-electron chi connectivity index (χ3n) is 3.54. The fraction of sp³-hybridized carbons (Fsp3) is 1.00. The molecule has 6 heteroatoms. The van der Waals surface area contributed by atoms with Gasteiger partial charge in [-0.3, -0.25) is 0 Å². The van der Waals surface area contributed by atoms with E-state index in [1.165, 1.54) is 4.31 Å². The molecule has 0 unspecified atom stereocenters. The fourth-order valence-electron chi connectivity index (χ4n) is 2.13. The topological polar surface area (TPSA) is 61.4 Å². The lowest BCUT2D eigenvalue weighted by molar-refractivity contribution is 0.230. The minimum atomic E-state index is -3.30. The van der Waals surface area contributed by atoms with E-state index in [1.54, 1.807) is 0 Å². The van der Waals surface area contributed by atoms with Crippen LogP contribution in [0.1, 0.15) is 33.6 Å². The molecule has 0 aromatic carbocycles. The Balaban J connectivity index is 2.54. The van der Waals surface area contributed by atoms with Crippen LogP contribution in [-0.4, -0.2) is 45.4 Å². The molecule has 1 heterocycles. The van der Waals surface area contributed by atoms with Crippen LogP contribution in [0.5, 0.6) is 0 Å². The van der Waals surface area contributed by atoms with E-state index in [2.05, 4.69) is 17.0 Å². The maximum atomic E-state index is 12.0. The van der Waals surface area contributed by atoms with Crippen LogP contribution in [0.2, 0.25) is 0 Å². The summed E-state index contributed by atoms with van der Waals surface area (Å²) in [6.45, 7) is 9.39. The first-order valence-corrected chi connectivity index (χ1v) is 7.83. The summed E-state index contributed by atoms with van der Waals surface area (Å²) in [5.74, 6) is 0. The number of piperidine rings is 1. The molecule has 102 valence electrons. The van der Waals surface area contributed by atoms with Gasteiger partial charge in [0.1, 0.15) is 0 Å². The summed E-state index contributed by atoms with van der Waals surface area (Å²) >= 11 is 0. The van der Waals surface area contributed by atoms with Crippen molar-refractivity contribution in [2.45, 2.75) is 33.6 Å². The summed E-state index contributed by atoms with van der Waals surface area (Å²) in [5, 5.41) is 3.29. The average molecular weight is 263 g/mol. The van der Waals surface area contributed by atoms with E-state index < -0.39 is 10.2 Å². The Morgan fingerprint density at radius 1 is 1.24 bits per heavy atom. The predicted molar refractivity (Wildman–Crippen MR) is 70.1 cm³/mol. The van der Waals surface area contributed by atoms with Crippen LogP contribution < -0.4 is 10.0 Å². The van der Waals surface area contributed by atoms with Crippen molar-refractivity contribution >= 4 is 10.2 Å². The van der Waals surface area contributed by atoms with E-state index >= 15 is 0 Å². The molecule has 0 aliphatic carbocycles. The molecule has 0 spiro atoms. The number of hydrogen-bond acceptors (Lipinski definition) is 3. The van der Waals surface area contributed by atoms with E-state index in [-0.39, 0.29) is 5.41 Å². The number of hydrogen-bond donors (Lipinski definition) is 2. The second kappa shape index (κ2) is 6.13. The molecule has 5 nitrogen and oxygen atoms in total. The molecule has 1 rings (SSSR count). The summed E-state index contributed by atoms with van der Waals surface area (Å²) < 4.78 is 28.2. The van der Waals surface area contributed by atoms with Crippen molar-refractivity contribution in [2.24, 2.45) is 5.41 Å². The SMILES string of the molecule is CCN(CC)S(=O)(=O)NCC1(C)CCNCC1. The van der Waals surface area contributed by atoms with Crippen LogP contribution in [0, 0.1) is 5.41 Å². The molecule has 0 radical (unpaired) electrons. The molecule has 0 amide bonds. The van der Waals surface area contributed by atoms with Gasteiger partial charge in [-0.25, -0.2) is 4.72 Å². The Morgan fingerprint density at radius 2 is 1.76 bits per heavy atom. The third-order valence-corrected chi connectivity index (χ3v) is 5.24. The average Bonchev–Trinajstić information content (AvgIpc) is 2.29. The van der Waals surface area contributed by atoms with Crippen molar-refractivity contribution in [1.29, 1.82) is 0 Å². The smallest absolute Gasteiger partial charge is 0.279 e. The van der Waals surface area contributed by atoms with Crippen LogP contribution in [0.4, 0.5) is 0 Å². The van der Waals surface area contributed by atoms with Gasteiger partial charge < -0.3 is 5.32 Å². The highest BCUT2D eigenvalue weighted by molar-refractivity contribution is 7.87. The van der Waals surface area contributed by atoms with Gasteiger partial charge in [0.2, 0.25) is 0 Å². The zero-order chi connectivity index (χ0) is 12.9. The van der Waals surface area contributed by atoms with Crippen molar-refractivity contribution in [1.82, 2.24) is 14.3 Å². The molecule has 0 saturated carbocycles. The zero-order valence-corrected chi connectivity index (χ0v) is 11.9. The minimum absolute atomic E-state index is 0.0888. The quantitative estimate of drug-likeness (QED) is 0.736. The molecule has 0 aromatic rings. The predicted octanol–water partition coefficient (Wildman–Crippen LogP) is 0.552. The molecule has 1 saturated heterocycles. The lowest BCUT2D eigenvalue weighted by Gasteiger charge is -2.34. The molecule has 1 aliphatic heterocycles. The summed E-state index contributed by atoms with van der Waals surface area (Å²) in [7, 11) is -3.30. The zero-order valence-electron chi connectivity index (χ0n) is 11.1. The number of rotatable bonds is 6. The van der Waals surface area contributed by atoms with Crippen molar-refractivity contribution < 1.29 is 8.42 Å². The monoisotopic (exact) mass is 263 g/mol. The fourth-order valence-corrected chi connectivity index (χ4v) is 3.52. The van der Waals surface area contributed by atoms with E-state index in [1.807, 2.05) is 13.8 Å². The first kappa shape index (κ1) is 14.9. The van der Waals surface area contributed by atoms with Gasteiger partial charge in [-0.1, -0.05) is 20.8 Å². The Morgan fingerprint density at radius 3 is 2.24 bits per heavy atom. The molecule has 0 aromatic heterocycles. The van der Waals surface area contributed by atoms with Crippen LogP contribution in [0.3, 0.4) is 0 Å². The van der Waals surface area contributed by atoms with Gasteiger partial charge in [0.25, 0.3) is 10.2 Å². The Labute approximate surface area is 105 Å². The molecule has 2 N–H and O–H groups in total. The Hall–Kier alpha value is -0.170. The maximum Gasteiger partial charge on any atom is 0.279 e. The molecular weight excluding hydrogens is 238 g/mol. The molecule has 0 bridgehead atoms. The summed E-state index contributed by atoms with van der Waals surface area (Å²) in [6, 6.07) is 0. The van der Waals surface area contributed by atoms with Crippen molar-refractivity contribution in [2.75, 3.05) is 32.7 Å². The van der Waals surface area contributed by atoms with Gasteiger partial charge in [-0.15, -0.1) is 0 Å². The van der Waals surface area contributed by atoms with Gasteiger partial charge >= 0.3 is 0 Å². The van der Waals surface area contributed by atoms with Crippen LogP contribution >= 0.6 is 0 Å². The van der Waals surface area contributed by atoms with E-state index in [4.69, 9.17) is 0 Å². The van der Waals surface area contributed by atoms with Gasteiger partial charge in [-0.05, 0) is 31.3 Å². The maximum absolute atomic E-state index is 12.0. The molecule has 0 atom stereocenters. The Kier molecular flexibility index (Phi) is 5.37. The van der Waals surface area contributed by atoms with E-state index in [0.717, 1.165) is 25.9 Å². The van der Waals surface area contributed by atoms with Gasteiger partial charge in [0, 0.05) is 19.6 Å². The first-order valence-electron chi connectivity index (χ1n) is 6.39. The highest BCUT2D eigenvalue weighted by Gasteiger charge is 2.29. The number of nitrogens with one attached hydrogen (secondary N) is 2.